The van der Waals surface area contributed by atoms with Crippen molar-refractivity contribution in [1.29, 1.82) is 0 Å². The molecule has 8 heteroatoms. The van der Waals surface area contributed by atoms with E-state index in [0.29, 0.717) is 6.42 Å². The Morgan fingerprint density at radius 1 is 0.968 bits per heavy atom. The molecule has 3 unspecified atom stereocenters. The molecule has 3 atom stereocenters. The summed E-state index contributed by atoms with van der Waals surface area (Å²) < 4.78 is 0. The molecule has 0 bridgehead atoms. The van der Waals surface area contributed by atoms with Crippen molar-refractivity contribution in [3.8, 4) is 0 Å². The van der Waals surface area contributed by atoms with Gasteiger partial charge in [0, 0.05) is 29.9 Å². The van der Waals surface area contributed by atoms with E-state index in [1.165, 1.54) is 6.92 Å². The first-order valence-electron chi connectivity index (χ1n) is 10.1. The molecule has 2 amide bonds. The number of nitrogens with one attached hydrogen (secondary N) is 3. The van der Waals surface area contributed by atoms with Gasteiger partial charge >= 0.3 is 0 Å². The summed E-state index contributed by atoms with van der Waals surface area (Å²) in [7, 11) is 0. The number of quaternary nitrogens is 1. The Kier molecular flexibility index (Phi) is 7.04. The van der Waals surface area contributed by atoms with E-state index in [2.05, 4.69) is 21.4 Å². The summed E-state index contributed by atoms with van der Waals surface area (Å²) in [6.45, 7) is 1.32. The number of carbonyl (C=O) groups is 3. The van der Waals surface area contributed by atoms with Crippen LogP contribution in [0.15, 0.2) is 60.8 Å². The molecule has 0 radical (unpaired) electrons. The van der Waals surface area contributed by atoms with E-state index in [9.17, 15) is 19.5 Å². The van der Waals surface area contributed by atoms with Crippen LogP contribution in [0.2, 0.25) is 0 Å². The van der Waals surface area contributed by atoms with Gasteiger partial charge in [0.25, 0.3) is 5.91 Å². The monoisotopic (exact) mass is 422 g/mol. The molecule has 2 aromatic carbocycles. The van der Waals surface area contributed by atoms with Crippen molar-refractivity contribution in [3.05, 3.63) is 71.9 Å². The summed E-state index contributed by atoms with van der Waals surface area (Å²) in [5.74, 6) is -2.37. The zero-order valence-corrected chi connectivity index (χ0v) is 17.3. The summed E-state index contributed by atoms with van der Waals surface area (Å²) in [6.07, 6.45) is 2.47. The van der Waals surface area contributed by atoms with Gasteiger partial charge in [-0.2, -0.15) is 0 Å². The maximum atomic E-state index is 12.8. The van der Waals surface area contributed by atoms with Gasteiger partial charge in [-0.3, -0.25) is 9.59 Å². The smallest absolute Gasteiger partial charge is 0.279 e. The number of para-hydroxylation sites is 1. The van der Waals surface area contributed by atoms with E-state index in [-0.39, 0.29) is 12.3 Å². The van der Waals surface area contributed by atoms with E-state index in [1.54, 1.807) is 0 Å². The molecule has 0 fully saturated rings. The van der Waals surface area contributed by atoms with Crippen molar-refractivity contribution < 1.29 is 25.2 Å². The van der Waals surface area contributed by atoms with E-state index in [4.69, 9.17) is 0 Å². The molecule has 1 heterocycles. The van der Waals surface area contributed by atoms with Gasteiger partial charge in [-0.05, 0) is 24.1 Å². The predicted octanol–water partition coefficient (Wildman–Crippen LogP) is -0.697. The Morgan fingerprint density at radius 2 is 1.65 bits per heavy atom. The van der Waals surface area contributed by atoms with Crippen molar-refractivity contribution in [2.45, 2.75) is 37.9 Å². The molecule has 162 valence electrons. The molecular formula is C23H26N4O4. The van der Waals surface area contributed by atoms with Crippen LogP contribution >= 0.6 is 0 Å². The first-order chi connectivity index (χ1) is 14.8. The van der Waals surface area contributed by atoms with Gasteiger partial charge in [0.1, 0.15) is 6.04 Å². The van der Waals surface area contributed by atoms with Crippen LogP contribution in [0.1, 0.15) is 18.1 Å². The maximum Gasteiger partial charge on any atom is 0.279 e. The molecule has 0 aliphatic rings. The SMILES string of the molecule is CC(NC(=O)C(Cc1ccccc1)NC(=O)C([NH3+])Cc1c[nH]c2ccccc12)C(=O)[O-]. The van der Waals surface area contributed by atoms with E-state index < -0.39 is 30.0 Å². The van der Waals surface area contributed by atoms with Crippen LogP contribution in [-0.4, -0.2) is 40.9 Å². The predicted molar refractivity (Wildman–Crippen MR) is 113 cm³/mol. The Bertz CT molecular complexity index is 1060. The van der Waals surface area contributed by atoms with Gasteiger partial charge in [-0.25, -0.2) is 0 Å². The Balaban J connectivity index is 1.71. The van der Waals surface area contributed by atoms with Crippen LogP contribution in [0.4, 0.5) is 0 Å². The number of hydrogen-bond acceptors (Lipinski definition) is 4. The zero-order valence-electron chi connectivity index (χ0n) is 17.3. The number of hydrogen-bond donors (Lipinski definition) is 4. The molecular weight excluding hydrogens is 396 g/mol. The molecule has 6 N–H and O–H groups in total. The fourth-order valence-electron chi connectivity index (χ4n) is 3.38. The summed E-state index contributed by atoms with van der Waals surface area (Å²) >= 11 is 0. The number of fused-ring (bicyclic) bond motifs is 1. The summed E-state index contributed by atoms with van der Waals surface area (Å²) in [6, 6.07) is 14.2. The molecule has 0 aliphatic heterocycles. The minimum atomic E-state index is -1.40. The molecule has 1 aromatic heterocycles. The van der Waals surface area contributed by atoms with Crippen molar-refractivity contribution >= 4 is 28.7 Å². The van der Waals surface area contributed by atoms with Crippen LogP contribution in [0, 0.1) is 0 Å². The topological polar surface area (TPSA) is 142 Å². The van der Waals surface area contributed by atoms with Crippen molar-refractivity contribution in [3.63, 3.8) is 0 Å². The number of rotatable bonds is 9. The van der Waals surface area contributed by atoms with Crippen LogP contribution in [0.25, 0.3) is 10.9 Å². The standard InChI is InChI=1S/C23H26N4O4/c1-14(23(30)31)26-22(29)20(11-15-7-3-2-4-8-15)27-21(28)18(24)12-16-13-25-19-10-6-5-9-17(16)19/h2-10,13-14,18,20,25H,11-12,24H2,1H3,(H,26,29)(H,27,28)(H,30,31). The number of carboxylic acid groups (broad SMARTS) is 1. The third-order valence-electron chi connectivity index (χ3n) is 5.14. The number of carbonyl (C=O) groups excluding carboxylic acids is 3. The largest absolute Gasteiger partial charge is 0.548 e. The molecule has 3 aromatic rings. The minimum absolute atomic E-state index is 0.220. The average Bonchev–Trinajstić information content (AvgIpc) is 3.16. The number of aliphatic carboxylic acids is 1. The second-order valence-electron chi connectivity index (χ2n) is 7.56. The molecule has 3 rings (SSSR count). The van der Waals surface area contributed by atoms with Crippen LogP contribution in [0.3, 0.4) is 0 Å². The molecule has 0 saturated carbocycles. The normalized spacial score (nSPS) is 13.9. The van der Waals surface area contributed by atoms with Gasteiger partial charge in [-0.1, -0.05) is 48.5 Å². The van der Waals surface area contributed by atoms with Crippen LogP contribution < -0.4 is 21.5 Å². The molecule has 0 aliphatic carbocycles. The molecule has 31 heavy (non-hydrogen) atoms. The highest BCUT2D eigenvalue weighted by Crippen LogP contribution is 2.18. The van der Waals surface area contributed by atoms with Gasteiger partial charge in [0.15, 0.2) is 6.04 Å². The lowest BCUT2D eigenvalue weighted by Crippen LogP contribution is -2.70. The third-order valence-corrected chi connectivity index (χ3v) is 5.14. The second kappa shape index (κ2) is 9.90. The lowest BCUT2D eigenvalue weighted by Gasteiger charge is -2.22. The third kappa shape index (κ3) is 5.70. The first kappa shape index (κ1) is 22.0. The highest BCUT2D eigenvalue weighted by molar-refractivity contribution is 5.91. The van der Waals surface area contributed by atoms with Gasteiger partial charge < -0.3 is 31.3 Å². The average molecular weight is 422 g/mol. The van der Waals surface area contributed by atoms with E-state index in [0.717, 1.165) is 22.0 Å². The van der Waals surface area contributed by atoms with Gasteiger partial charge in [-0.15, -0.1) is 0 Å². The van der Waals surface area contributed by atoms with E-state index >= 15 is 0 Å². The summed E-state index contributed by atoms with van der Waals surface area (Å²) in [5.41, 5.74) is 6.73. The molecule has 0 saturated heterocycles. The number of carboxylic acids is 1. The minimum Gasteiger partial charge on any atom is -0.548 e. The Morgan fingerprint density at radius 3 is 2.35 bits per heavy atom. The number of H-pyrrole nitrogens is 1. The number of amides is 2. The van der Waals surface area contributed by atoms with Crippen LogP contribution in [0.5, 0.6) is 0 Å². The van der Waals surface area contributed by atoms with Crippen LogP contribution in [-0.2, 0) is 27.2 Å². The fraction of sp³-hybridized carbons (Fsp3) is 0.261. The molecule has 0 spiro atoms. The Hall–Kier alpha value is -3.65. The maximum absolute atomic E-state index is 12.8. The summed E-state index contributed by atoms with van der Waals surface area (Å²) in [5, 5.41) is 17.1. The highest BCUT2D eigenvalue weighted by Gasteiger charge is 2.27. The second-order valence-corrected chi connectivity index (χ2v) is 7.56. The molecule has 8 nitrogen and oxygen atoms in total. The number of benzene rings is 2. The Labute approximate surface area is 179 Å². The quantitative estimate of drug-likeness (QED) is 0.362. The highest BCUT2D eigenvalue weighted by atomic mass is 16.4. The van der Waals surface area contributed by atoms with Crippen molar-refractivity contribution in [1.82, 2.24) is 15.6 Å². The zero-order chi connectivity index (χ0) is 22.4. The number of aromatic nitrogens is 1. The van der Waals surface area contributed by atoms with Crippen molar-refractivity contribution in [2.75, 3.05) is 0 Å². The lowest BCUT2D eigenvalue weighted by atomic mass is 10.0. The number of aromatic amines is 1. The first-order valence-corrected chi connectivity index (χ1v) is 10.1. The fourth-order valence-corrected chi connectivity index (χ4v) is 3.38. The van der Waals surface area contributed by atoms with Gasteiger partial charge in [0.2, 0.25) is 5.91 Å². The summed E-state index contributed by atoms with van der Waals surface area (Å²) in [4.78, 5) is 39.7. The lowest BCUT2D eigenvalue weighted by molar-refractivity contribution is -0.403. The van der Waals surface area contributed by atoms with Crippen molar-refractivity contribution in [2.24, 2.45) is 0 Å². The van der Waals surface area contributed by atoms with Gasteiger partial charge in [0.05, 0.1) is 12.0 Å². The van der Waals surface area contributed by atoms with E-state index in [1.807, 2.05) is 60.8 Å².